The van der Waals surface area contributed by atoms with Gasteiger partial charge < -0.3 is 15.1 Å². The molecule has 1 heterocycles. The van der Waals surface area contributed by atoms with Crippen LogP contribution in [0.4, 0.5) is 11.4 Å². The summed E-state index contributed by atoms with van der Waals surface area (Å²) in [6, 6.07) is 23.7. The molecule has 1 fully saturated rings. The molecule has 0 atom stereocenters. The van der Waals surface area contributed by atoms with Gasteiger partial charge in [0.05, 0.1) is 0 Å². The van der Waals surface area contributed by atoms with Gasteiger partial charge in [-0.1, -0.05) is 65.8 Å². The first-order chi connectivity index (χ1) is 17.4. The highest BCUT2D eigenvalue weighted by molar-refractivity contribution is 6.04. The van der Waals surface area contributed by atoms with Crippen molar-refractivity contribution in [3.8, 4) is 0 Å². The summed E-state index contributed by atoms with van der Waals surface area (Å²) in [6.45, 7) is 15.9. The quantitative estimate of drug-likeness (QED) is 0.448. The van der Waals surface area contributed by atoms with E-state index in [4.69, 9.17) is 0 Å². The normalized spacial score (nSPS) is 14.4. The molecule has 1 aliphatic heterocycles. The molecule has 4 rings (SSSR count). The number of hydrogen-bond acceptors (Lipinski definition) is 3. The lowest BCUT2D eigenvalue weighted by Gasteiger charge is -2.36. The van der Waals surface area contributed by atoms with E-state index in [0.717, 1.165) is 30.0 Å². The van der Waals surface area contributed by atoms with Crippen molar-refractivity contribution in [3.05, 3.63) is 95.1 Å². The highest BCUT2D eigenvalue weighted by Gasteiger charge is 2.23. The molecule has 0 unspecified atom stereocenters. The second kappa shape index (κ2) is 10.4. The van der Waals surface area contributed by atoms with Crippen molar-refractivity contribution in [1.82, 2.24) is 4.90 Å². The van der Waals surface area contributed by atoms with E-state index in [1.165, 1.54) is 11.1 Å². The van der Waals surface area contributed by atoms with Gasteiger partial charge in [0.25, 0.3) is 11.8 Å². The van der Waals surface area contributed by atoms with Crippen molar-refractivity contribution < 1.29 is 9.59 Å². The van der Waals surface area contributed by atoms with Gasteiger partial charge in [-0.2, -0.15) is 0 Å². The predicted molar refractivity (Wildman–Crippen MR) is 153 cm³/mol. The first kappa shape index (κ1) is 26.5. The fourth-order valence-corrected chi connectivity index (χ4v) is 4.54. The maximum absolute atomic E-state index is 13.0. The Morgan fingerprint density at radius 2 is 1.08 bits per heavy atom. The zero-order valence-electron chi connectivity index (χ0n) is 23.0. The molecule has 1 aliphatic rings. The number of anilines is 2. The average Bonchev–Trinajstić information content (AvgIpc) is 2.88. The zero-order chi connectivity index (χ0) is 26.8. The largest absolute Gasteiger partial charge is 0.368 e. The summed E-state index contributed by atoms with van der Waals surface area (Å²) in [4.78, 5) is 29.9. The van der Waals surface area contributed by atoms with Crippen LogP contribution in [0.1, 0.15) is 73.4 Å². The van der Waals surface area contributed by atoms with Crippen molar-refractivity contribution in [2.45, 2.75) is 52.4 Å². The number of piperazine rings is 1. The third-order valence-corrected chi connectivity index (χ3v) is 7.07. The molecular formula is C32H39N3O2. The van der Waals surface area contributed by atoms with Crippen LogP contribution in [-0.2, 0) is 10.8 Å². The Hall–Kier alpha value is -3.60. The molecule has 5 nitrogen and oxygen atoms in total. The number of carbonyl (C=O) groups excluding carboxylic acids is 2. The molecule has 2 amide bonds. The third-order valence-electron chi connectivity index (χ3n) is 7.07. The summed E-state index contributed by atoms with van der Waals surface area (Å²) < 4.78 is 0. The van der Waals surface area contributed by atoms with Crippen LogP contribution < -0.4 is 10.2 Å². The van der Waals surface area contributed by atoms with Gasteiger partial charge in [0.1, 0.15) is 0 Å². The monoisotopic (exact) mass is 497 g/mol. The fourth-order valence-electron chi connectivity index (χ4n) is 4.54. The molecule has 37 heavy (non-hydrogen) atoms. The predicted octanol–water partition coefficient (Wildman–Crippen LogP) is 6.50. The van der Waals surface area contributed by atoms with Gasteiger partial charge in [-0.05, 0) is 70.5 Å². The molecule has 1 N–H and O–H groups in total. The number of amides is 2. The maximum atomic E-state index is 13.0. The molecule has 0 saturated carbocycles. The van der Waals surface area contributed by atoms with Gasteiger partial charge in [0, 0.05) is 48.7 Å². The summed E-state index contributed by atoms with van der Waals surface area (Å²) in [5.41, 5.74) is 5.81. The summed E-state index contributed by atoms with van der Waals surface area (Å²) in [5, 5.41) is 2.99. The Bertz CT molecular complexity index is 1220. The number of benzene rings is 3. The lowest BCUT2D eigenvalue weighted by atomic mass is 9.86. The highest BCUT2D eigenvalue weighted by Crippen LogP contribution is 2.25. The molecular weight excluding hydrogens is 458 g/mol. The second-order valence-electron chi connectivity index (χ2n) is 11.9. The lowest BCUT2D eigenvalue weighted by Crippen LogP contribution is -2.48. The zero-order valence-corrected chi connectivity index (χ0v) is 23.0. The standard InChI is InChI=1S/C32H39N3O2/c1-31(2,3)25-11-7-23(8-12-25)29(36)33-27-15-17-28(18-16-27)34-19-21-35(22-20-34)30(37)24-9-13-26(14-10-24)32(4,5)6/h7-18H,19-22H2,1-6H3,(H,33,36). The van der Waals surface area contributed by atoms with Crippen molar-refractivity contribution in [3.63, 3.8) is 0 Å². The SMILES string of the molecule is CC(C)(C)c1ccc(C(=O)Nc2ccc(N3CCN(C(=O)c4ccc(C(C)(C)C)cc4)CC3)cc2)cc1. The van der Waals surface area contributed by atoms with Crippen LogP contribution >= 0.6 is 0 Å². The smallest absolute Gasteiger partial charge is 0.255 e. The summed E-state index contributed by atoms with van der Waals surface area (Å²) in [5.74, 6) is -0.0235. The van der Waals surface area contributed by atoms with Crippen molar-refractivity contribution in [2.75, 3.05) is 36.4 Å². The molecule has 1 saturated heterocycles. The number of carbonyl (C=O) groups is 2. The van der Waals surface area contributed by atoms with E-state index in [1.54, 1.807) is 0 Å². The number of nitrogens with zero attached hydrogens (tertiary/aromatic N) is 2. The molecule has 0 aliphatic carbocycles. The third kappa shape index (κ3) is 6.40. The van der Waals surface area contributed by atoms with E-state index in [9.17, 15) is 9.59 Å². The molecule has 0 radical (unpaired) electrons. The Balaban J connectivity index is 1.31. The minimum atomic E-state index is -0.115. The Morgan fingerprint density at radius 3 is 1.54 bits per heavy atom. The molecule has 5 heteroatoms. The van der Waals surface area contributed by atoms with E-state index in [1.807, 2.05) is 65.6 Å². The topological polar surface area (TPSA) is 52.7 Å². The van der Waals surface area contributed by atoms with Gasteiger partial charge in [0.15, 0.2) is 0 Å². The van der Waals surface area contributed by atoms with Crippen molar-refractivity contribution in [1.29, 1.82) is 0 Å². The van der Waals surface area contributed by atoms with Gasteiger partial charge in [-0.15, -0.1) is 0 Å². The second-order valence-corrected chi connectivity index (χ2v) is 11.9. The van der Waals surface area contributed by atoms with Crippen LogP contribution in [0.25, 0.3) is 0 Å². The van der Waals surface area contributed by atoms with Crippen LogP contribution in [0.15, 0.2) is 72.8 Å². The van der Waals surface area contributed by atoms with Gasteiger partial charge in [-0.25, -0.2) is 0 Å². The number of nitrogens with one attached hydrogen (secondary N) is 1. The van der Waals surface area contributed by atoms with Crippen LogP contribution in [0.2, 0.25) is 0 Å². The summed E-state index contributed by atoms with van der Waals surface area (Å²) in [7, 11) is 0. The highest BCUT2D eigenvalue weighted by atomic mass is 16.2. The van der Waals surface area contributed by atoms with Crippen LogP contribution in [0.3, 0.4) is 0 Å². The first-order valence-corrected chi connectivity index (χ1v) is 13.1. The minimum Gasteiger partial charge on any atom is -0.368 e. The maximum Gasteiger partial charge on any atom is 0.255 e. The Morgan fingerprint density at radius 1 is 0.622 bits per heavy atom. The minimum absolute atomic E-state index is 0.0569. The lowest BCUT2D eigenvalue weighted by molar-refractivity contribution is 0.0746. The molecule has 194 valence electrons. The van der Waals surface area contributed by atoms with E-state index in [2.05, 4.69) is 63.9 Å². The summed E-state index contributed by atoms with van der Waals surface area (Å²) in [6.07, 6.45) is 0. The fraction of sp³-hybridized carbons (Fsp3) is 0.375. The van der Waals surface area contributed by atoms with E-state index < -0.39 is 0 Å². The average molecular weight is 498 g/mol. The van der Waals surface area contributed by atoms with Crippen LogP contribution in [0, 0.1) is 0 Å². The molecule has 0 bridgehead atoms. The molecule has 3 aromatic rings. The molecule has 0 aromatic heterocycles. The number of hydrogen-bond donors (Lipinski definition) is 1. The Kier molecular flexibility index (Phi) is 7.44. The van der Waals surface area contributed by atoms with Crippen LogP contribution in [-0.4, -0.2) is 42.9 Å². The van der Waals surface area contributed by atoms with Crippen LogP contribution in [0.5, 0.6) is 0 Å². The summed E-state index contributed by atoms with van der Waals surface area (Å²) >= 11 is 0. The van der Waals surface area contributed by atoms with Gasteiger partial charge in [0.2, 0.25) is 0 Å². The van der Waals surface area contributed by atoms with Gasteiger partial charge in [-0.3, -0.25) is 9.59 Å². The molecule has 3 aromatic carbocycles. The Labute approximate surface area is 221 Å². The molecule has 0 spiro atoms. The van der Waals surface area contributed by atoms with Crippen molar-refractivity contribution in [2.24, 2.45) is 0 Å². The van der Waals surface area contributed by atoms with Crippen molar-refractivity contribution >= 4 is 23.2 Å². The first-order valence-electron chi connectivity index (χ1n) is 13.1. The van der Waals surface area contributed by atoms with E-state index in [-0.39, 0.29) is 22.6 Å². The van der Waals surface area contributed by atoms with E-state index in [0.29, 0.717) is 18.7 Å². The number of rotatable bonds is 4. The van der Waals surface area contributed by atoms with E-state index >= 15 is 0 Å². The van der Waals surface area contributed by atoms with Gasteiger partial charge >= 0.3 is 0 Å².